The molecule has 0 atom stereocenters. The number of rotatable bonds is 3. The number of benzene rings is 5. The summed E-state index contributed by atoms with van der Waals surface area (Å²) in [5, 5.41) is 7.09. The molecule has 3 aromatic heterocycles. The van der Waals surface area contributed by atoms with Crippen LogP contribution in [0, 0.1) is 45.2 Å². The van der Waals surface area contributed by atoms with Crippen LogP contribution in [0.5, 0.6) is 0 Å². The fraction of sp³-hybridized carbons (Fsp3) is 0.250. The van der Waals surface area contributed by atoms with Gasteiger partial charge in [0.15, 0.2) is 0 Å². The second-order valence-corrected chi connectivity index (χ2v) is 15.3. The Kier molecular flexibility index (Phi) is 9.91. The van der Waals surface area contributed by atoms with Crippen LogP contribution >= 0.6 is 0 Å². The summed E-state index contributed by atoms with van der Waals surface area (Å²) in [4.78, 5) is 9.28. The Hall–Kier alpha value is -4.63. The third-order valence-corrected chi connectivity index (χ3v) is 11.1. The van der Waals surface area contributed by atoms with Gasteiger partial charge in [-0.15, -0.1) is 53.6 Å². The van der Waals surface area contributed by atoms with Gasteiger partial charge in [0.05, 0.1) is 5.58 Å². The molecule has 9 rings (SSSR count). The molecule has 3 heterocycles. The predicted octanol–water partition coefficient (Wildman–Crippen LogP) is 13.2. The molecule has 52 heavy (non-hydrogen) atoms. The molecule has 8 aromatic rings. The van der Waals surface area contributed by atoms with Gasteiger partial charge in [-0.1, -0.05) is 97.9 Å². The van der Waals surface area contributed by atoms with Crippen LogP contribution in [0.2, 0.25) is 0 Å². The van der Waals surface area contributed by atoms with Crippen molar-refractivity contribution in [2.75, 3.05) is 0 Å². The standard InChI is InChI=1S/C34H30NO.C14H14N.Ir/c1-21-20-35-30(19-29(21)23-15-17-34(2,3)18-16-23)28-10-6-9-26-27-14-13-24-12-11-22-7-4-5-8-25(22)31(24)33(27)36-32(26)28;1-10-4-6-13(7-5-10)14-8-11(2)12(3)9-15-14;/h4-9,11-14,19-20,23H,15-18H2,1-3H3;4-6,8-9H,1-3H3;/q2*-1;. The number of pyridine rings is 2. The Morgan fingerprint density at radius 3 is 2.15 bits per heavy atom. The van der Waals surface area contributed by atoms with E-state index in [1.807, 2.05) is 24.5 Å². The van der Waals surface area contributed by atoms with Crippen molar-refractivity contribution in [2.24, 2.45) is 5.41 Å². The van der Waals surface area contributed by atoms with Crippen LogP contribution in [0.3, 0.4) is 0 Å². The molecular formula is C48H44IrN2O-2. The molecule has 1 aliphatic rings. The summed E-state index contributed by atoms with van der Waals surface area (Å²) in [6.07, 6.45) is 9.01. The van der Waals surface area contributed by atoms with Crippen LogP contribution < -0.4 is 0 Å². The topological polar surface area (TPSA) is 38.9 Å². The monoisotopic (exact) mass is 857 g/mol. The minimum atomic E-state index is 0. The van der Waals surface area contributed by atoms with E-state index < -0.39 is 0 Å². The third-order valence-electron chi connectivity index (χ3n) is 11.1. The third kappa shape index (κ3) is 6.83. The summed E-state index contributed by atoms with van der Waals surface area (Å²) >= 11 is 0. The quantitative estimate of drug-likeness (QED) is 0.131. The summed E-state index contributed by atoms with van der Waals surface area (Å²) in [6.45, 7) is 13.2. The van der Waals surface area contributed by atoms with Crippen molar-refractivity contribution in [1.29, 1.82) is 0 Å². The van der Waals surface area contributed by atoms with Gasteiger partial charge >= 0.3 is 0 Å². The van der Waals surface area contributed by atoms with Gasteiger partial charge in [0, 0.05) is 43.3 Å². The SMILES string of the molecule is Cc1c[c-]c(-c2cc(C)c(C)cn2)cc1.Cc1cnc(-c2[c-]ccc3c2oc2c3ccc3ccc4ccccc4c32)cc1C1CCC(C)(C)CC1.[Ir]. The second-order valence-electron chi connectivity index (χ2n) is 15.3. The Morgan fingerprint density at radius 1 is 0.673 bits per heavy atom. The van der Waals surface area contributed by atoms with Crippen molar-refractivity contribution in [3.05, 3.63) is 143 Å². The molecule has 1 saturated carbocycles. The van der Waals surface area contributed by atoms with E-state index in [4.69, 9.17) is 9.40 Å². The summed E-state index contributed by atoms with van der Waals surface area (Å²) < 4.78 is 6.73. The van der Waals surface area contributed by atoms with E-state index >= 15 is 0 Å². The first kappa shape index (κ1) is 35.8. The zero-order valence-corrected chi connectivity index (χ0v) is 33.3. The van der Waals surface area contributed by atoms with E-state index in [9.17, 15) is 0 Å². The molecule has 4 heteroatoms. The molecule has 0 amide bonds. The molecule has 0 saturated heterocycles. The summed E-state index contributed by atoms with van der Waals surface area (Å²) in [7, 11) is 0. The Bertz CT molecular complexity index is 2550. The zero-order valence-electron chi connectivity index (χ0n) is 30.9. The Morgan fingerprint density at radius 2 is 1.38 bits per heavy atom. The van der Waals surface area contributed by atoms with E-state index in [1.54, 1.807) is 0 Å². The van der Waals surface area contributed by atoms with Crippen molar-refractivity contribution >= 4 is 43.5 Å². The molecule has 0 spiro atoms. The molecule has 0 unspecified atom stereocenters. The van der Waals surface area contributed by atoms with Gasteiger partial charge < -0.3 is 14.4 Å². The fourth-order valence-electron chi connectivity index (χ4n) is 7.74. The number of aromatic nitrogens is 2. The summed E-state index contributed by atoms with van der Waals surface area (Å²) in [6, 6.07) is 38.8. The maximum atomic E-state index is 6.73. The number of furan rings is 1. The zero-order chi connectivity index (χ0) is 35.3. The molecule has 0 aliphatic heterocycles. The van der Waals surface area contributed by atoms with Gasteiger partial charge in [-0.05, 0) is 102 Å². The molecule has 0 bridgehead atoms. The van der Waals surface area contributed by atoms with Crippen molar-refractivity contribution in [2.45, 2.75) is 73.1 Å². The van der Waals surface area contributed by atoms with E-state index in [0.717, 1.165) is 44.5 Å². The minimum absolute atomic E-state index is 0. The van der Waals surface area contributed by atoms with Crippen LogP contribution in [-0.2, 0) is 20.1 Å². The van der Waals surface area contributed by atoms with Gasteiger partial charge in [-0.25, -0.2) is 0 Å². The fourth-order valence-corrected chi connectivity index (χ4v) is 7.74. The van der Waals surface area contributed by atoms with Crippen molar-refractivity contribution in [1.82, 2.24) is 9.97 Å². The van der Waals surface area contributed by atoms with Crippen LogP contribution in [-0.4, -0.2) is 9.97 Å². The molecular weight excluding hydrogens is 813 g/mol. The molecule has 0 N–H and O–H groups in total. The number of fused-ring (bicyclic) bond motifs is 7. The Balaban J connectivity index is 0.000000222. The first-order chi connectivity index (χ1) is 24.6. The average molecular weight is 857 g/mol. The van der Waals surface area contributed by atoms with E-state index in [-0.39, 0.29) is 20.1 Å². The van der Waals surface area contributed by atoms with E-state index in [0.29, 0.717) is 11.3 Å². The summed E-state index contributed by atoms with van der Waals surface area (Å²) in [5.74, 6) is 0.602. The maximum absolute atomic E-state index is 6.73. The first-order valence-electron chi connectivity index (χ1n) is 18.2. The first-order valence-corrected chi connectivity index (χ1v) is 18.2. The van der Waals surface area contributed by atoms with Crippen LogP contribution in [0.4, 0.5) is 0 Å². The predicted molar refractivity (Wildman–Crippen MR) is 213 cm³/mol. The van der Waals surface area contributed by atoms with E-state index in [1.165, 1.54) is 75.0 Å². The maximum Gasteiger partial charge on any atom is 0.129 e. The number of hydrogen-bond acceptors (Lipinski definition) is 3. The van der Waals surface area contributed by atoms with Crippen molar-refractivity contribution < 1.29 is 24.5 Å². The van der Waals surface area contributed by atoms with Crippen molar-refractivity contribution in [3.8, 4) is 22.5 Å². The Labute approximate surface area is 320 Å². The number of hydrogen-bond donors (Lipinski definition) is 0. The van der Waals surface area contributed by atoms with Crippen LogP contribution in [0.1, 0.15) is 73.3 Å². The molecule has 263 valence electrons. The minimum Gasteiger partial charge on any atom is -0.500 e. The van der Waals surface area contributed by atoms with Crippen molar-refractivity contribution in [3.63, 3.8) is 0 Å². The molecule has 5 aromatic carbocycles. The van der Waals surface area contributed by atoms with Crippen LogP contribution in [0.25, 0.3) is 66.0 Å². The molecule has 1 radical (unpaired) electrons. The normalized spacial score (nSPS) is 14.3. The van der Waals surface area contributed by atoms with Crippen LogP contribution in [0.15, 0.2) is 108 Å². The van der Waals surface area contributed by atoms with Gasteiger partial charge in [-0.3, -0.25) is 0 Å². The second kappa shape index (κ2) is 14.4. The number of nitrogens with zero attached hydrogens (tertiary/aromatic N) is 2. The average Bonchev–Trinajstić information content (AvgIpc) is 3.53. The van der Waals surface area contributed by atoms with Gasteiger partial charge in [0.25, 0.3) is 0 Å². The van der Waals surface area contributed by atoms with E-state index in [2.05, 4.69) is 138 Å². The smallest absolute Gasteiger partial charge is 0.129 e. The summed E-state index contributed by atoms with van der Waals surface area (Å²) in [5.41, 5.74) is 12.7. The largest absolute Gasteiger partial charge is 0.500 e. The number of aryl methyl sites for hydroxylation is 4. The van der Waals surface area contributed by atoms with Gasteiger partial charge in [-0.2, -0.15) is 0 Å². The molecule has 1 aliphatic carbocycles. The molecule has 3 nitrogen and oxygen atoms in total. The van der Waals surface area contributed by atoms with Gasteiger partial charge in [0.2, 0.25) is 0 Å². The van der Waals surface area contributed by atoms with Gasteiger partial charge in [0.1, 0.15) is 5.58 Å². The molecule has 1 fully saturated rings.